The van der Waals surface area contributed by atoms with Crippen molar-refractivity contribution in [2.24, 2.45) is 0 Å². The lowest BCUT2D eigenvalue weighted by atomic mass is 9.89. The zero-order valence-corrected chi connectivity index (χ0v) is 19.7. The molecule has 0 spiro atoms. The quantitative estimate of drug-likeness (QED) is 0.320. The normalized spacial score (nSPS) is 10.8. The molecule has 0 aliphatic heterocycles. The zero-order chi connectivity index (χ0) is 24.0. The van der Waals surface area contributed by atoms with Crippen molar-refractivity contribution in [3.63, 3.8) is 0 Å². The minimum absolute atomic E-state index is 0.0355. The third kappa shape index (κ3) is 5.64. The summed E-state index contributed by atoms with van der Waals surface area (Å²) in [4.78, 5) is 13.3. The molecular formula is C29H33NO3. The Kier molecular flexibility index (Phi) is 7.94. The van der Waals surface area contributed by atoms with Gasteiger partial charge in [-0.2, -0.15) is 0 Å². The highest BCUT2D eigenvalue weighted by Gasteiger charge is 2.25. The molecule has 0 heterocycles. The summed E-state index contributed by atoms with van der Waals surface area (Å²) in [6.07, 6.45) is 3.52. The Bertz CT molecular complexity index is 1150. The number of aryl methyl sites for hydroxylation is 2. The van der Waals surface area contributed by atoms with Gasteiger partial charge in [0.1, 0.15) is 11.5 Å². The Morgan fingerprint density at radius 2 is 1.76 bits per heavy atom. The second-order valence-corrected chi connectivity index (χ2v) is 8.61. The lowest BCUT2D eigenvalue weighted by Crippen LogP contribution is -2.24. The molecular weight excluding hydrogens is 410 g/mol. The molecule has 3 rings (SSSR count). The van der Waals surface area contributed by atoms with E-state index < -0.39 is 0 Å². The van der Waals surface area contributed by atoms with E-state index in [-0.39, 0.29) is 28.5 Å². The van der Waals surface area contributed by atoms with Crippen molar-refractivity contribution in [3.8, 4) is 22.6 Å². The van der Waals surface area contributed by atoms with E-state index in [2.05, 4.69) is 18.8 Å². The van der Waals surface area contributed by atoms with Crippen molar-refractivity contribution < 1.29 is 15.0 Å². The van der Waals surface area contributed by atoms with Gasteiger partial charge in [-0.25, -0.2) is 0 Å². The van der Waals surface area contributed by atoms with Gasteiger partial charge in [-0.3, -0.25) is 4.79 Å². The van der Waals surface area contributed by atoms with Gasteiger partial charge in [0.15, 0.2) is 0 Å². The van der Waals surface area contributed by atoms with E-state index in [1.807, 2.05) is 62.4 Å². The molecule has 1 amide bonds. The number of aromatic hydroxyl groups is 2. The monoisotopic (exact) mass is 443 g/mol. The third-order valence-electron chi connectivity index (χ3n) is 5.84. The molecule has 0 atom stereocenters. The van der Waals surface area contributed by atoms with Crippen LogP contribution in [0.5, 0.6) is 11.5 Å². The first-order chi connectivity index (χ1) is 15.8. The van der Waals surface area contributed by atoms with Gasteiger partial charge in [0.25, 0.3) is 5.91 Å². The van der Waals surface area contributed by atoms with Gasteiger partial charge in [0.2, 0.25) is 0 Å². The van der Waals surface area contributed by atoms with Crippen LogP contribution in [0.2, 0.25) is 0 Å². The van der Waals surface area contributed by atoms with Gasteiger partial charge in [-0.15, -0.1) is 0 Å². The van der Waals surface area contributed by atoms with Crippen LogP contribution in [0.1, 0.15) is 65.7 Å². The van der Waals surface area contributed by atoms with Crippen molar-refractivity contribution >= 4 is 11.5 Å². The lowest BCUT2D eigenvalue weighted by molar-refractivity contribution is 0.0947. The lowest BCUT2D eigenvalue weighted by Gasteiger charge is -2.19. The Balaban J connectivity index is 2.10. The summed E-state index contributed by atoms with van der Waals surface area (Å²) in [7, 11) is 0. The van der Waals surface area contributed by atoms with Gasteiger partial charge in [-0.05, 0) is 55.0 Å². The molecule has 0 aliphatic carbocycles. The van der Waals surface area contributed by atoms with Crippen LogP contribution in [0, 0.1) is 6.92 Å². The van der Waals surface area contributed by atoms with E-state index in [0.717, 1.165) is 41.5 Å². The molecule has 4 nitrogen and oxygen atoms in total. The molecule has 0 unspecified atom stereocenters. The first kappa shape index (κ1) is 24.1. The number of rotatable bonds is 9. The highest BCUT2D eigenvalue weighted by Crippen LogP contribution is 2.44. The van der Waals surface area contributed by atoms with Crippen LogP contribution >= 0.6 is 0 Å². The standard InChI is InChI=1S/C29H33NO3/c1-5-6-8-13-22-17-25(31)27(24-16-20(4)14-15-23(24)19(2)3)28(32)26(22)29(33)30-18-21-11-9-7-10-12-21/h7,9-12,14-17,31-32H,2,5-6,8,13,18H2,1,3-4H3,(H,30,33). The van der Waals surface area contributed by atoms with Crippen LogP contribution in [0.4, 0.5) is 0 Å². The number of hydrogen-bond acceptors (Lipinski definition) is 3. The van der Waals surface area contributed by atoms with Crippen LogP contribution < -0.4 is 5.32 Å². The Morgan fingerprint density at radius 1 is 1.03 bits per heavy atom. The van der Waals surface area contributed by atoms with Gasteiger partial charge >= 0.3 is 0 Å². The Labute approximate surface area is 196 Å². The molecule has 172 valence electrons. The molecule has 0 bridgehead atoms. The molecule has 33 heavy (non-hydrogen) atoms. The van der Waals surface area contributed by atoms with Crippen LogP contribution in [0.3, 0.4) is 0 Å². The van der Waals surface area contributed by atoms with E-state index >= 15 is 0 Å². The zero-order valence-electron chi connectivity index (χ0n) is 19.7. The van der Waals surface area contributed by atoms with E-state index in [4.69, 9.17) is 0 Å². The molecule has 0 aromatic heterocycles. The Morgan fingerprint density at radius 3 is 2.42 bits per heavy atom. The fourth-order valence-corrected chi connectivity index (χ4v) is 4.09. The van der Waals surface area contributed by atoms with Gasteiger partial charge in [0.05, 0.1) is 11.1 Å². The summed E-state index contributed by atoms with van der Waals surface area (Å²) in [6, 6.07) is 17.1. The molecule has 4 heteroatoms. The smallest absolute Gasteiger partial charge is 0.255 e. The number of hydrogen-bond donors (Lipinski definition) is 3. The average Bonchev–Trinajstić information content (AvgIpc) is 2.78. The molecule has 0 aliphatic rings. The number of benzene rings is 3. The number of phenols is 2. The highest BCUT2D eigenvalue weighted by molar-refractivity contribution is 6.02. The minimum atomic E-state index is -0.353. The maximum Gasteiger partial charge on any atom is 0.255 e. The Hall–Kier alpha value is -3.53. The molecule has 0 radical (unpaired) electrons. The van der Waals surface area contributed by atoms with E-state index in [1.165, 1.54) is 0 Å². The van der Waals surface area contributed by atoms with Crippen LogP contribution in [0.15, 0.2) is 61.2 Å². The van der Waals surface area contributed by atoms with E-state index in [1.54, 1.807) is 6.07 Å². The molecule has 3 aromatic carbocycles. The van der Waals surface area contributed by atoms with Gasteiger partial charge < -0.3 is 15.5 Å². The maximum absolute atomic E-state index is 13.3. The average molecular weight is 444 g/mol. The second kappa shape index (κ2) is 10.9. The number of allylic oxidation sites excluding steroid dienone is 1. The van der Waals surface area contributed by atoms with E-state index in [0.29, 0.717) is 24.1 Å². The van der Waals surface area contributed by atoms with Gasteiger partial charge in [0, 0.05) is 6.54 Å². The summed E-state index contributed by atoms with van der Waals surface area (Å²) < 4.78 is 0. The van der Waals surface area contributed by atoms with Crippen molar-refractivity contribution in [3.05, 3.63) is 89.0 Å². The van der Waals surface area contributed by atoms with Crippen molar-refractivity contribution in [2.45, 2.75) is 53.0 Å². The molecule has 3 aromatic rings. The SMILES string of the molecule is C=C(C)c1ccc(C)cc1-c1c(O)cc(CCCCC)c(C(=O)NCc2ccccc2)c1O. The van der Waals surface area contributed by atoms with E-state index in [9.17, 15) is 15.0 Å². The van der Waals surface area contributed by atoms with Crippen LogP contribution in [-0.2, 0) is 13.0 Å². The molecule has 0 saturated carbocycles. The van der Waals surface area contributed by atoms with Crippen molar-refractivity contribution in [1.29, 1.82) is 0 Å². The van der Waals surface area contributed by atoms with Crippen molar-refractivity contribution in [1.82, 2.24) is 5.32 Å². The predicted molar refractivity (Wildman–Crippen MR) is 135 cm³/mol. The van der Waals surface area contributed by atoms with Crippen molar-refractivity contribution in [2.75, 3.05) is 0 Å². The predicted octanol–water partition coefficient (Wildman–Crippen LogP) is 6.77. The summed E-state index contributed by atoms with van der Waals surface area (Å²) in [6.45, 7) is 10.3. The fourth-order valence-electron chi connectivity index (χ4n) is 4.09. The minimum Gasteiger partial charge on any atom is -0.507 e. The topological polar surface area (TPSA) is 69.6 Å². The molecule has 3 N–H and O–H groups in total. The summed E-state index contributed by atoms with van der Waals surface area (Å²) >= 11 is 0. The second-order valence-electron chi connectivity index (χ2n) is 8.61. The van der Waals surface area contributed by atoms with Gasteiger partial charge in [-0.1, -0.05) is 86.0 Å². The molecule has 0 saturated heterocycles. The van der Waals surface area contributed by atoms with Crippen LogP contribution in [-0.4, -0.2) is 16.1 Å². The first-order valence-corrected chi connectivity index (χ1v) is 11.5. The summed E-state index contributed by atoms with van der Waals surface area (Å²) in [5.41, 5.74) is 5.39. The summed E-state index contributed by atoms with van der Waals surface area (Å²) in [5.74, 6) is -0.583. The largest absolute Gasteiger partial charge is 0.507 e. The number of carbonyl (C=O) groups excluding carboxylic acids is 1. The number of carbonyl (C=O) groups is 1. The number of nitrogens with one attached hydrogen (secondary N) is 1. The maximum atomic E-state index is 13.3. The number of amides is 1. The molecule has 0 fully saturated rings. The fraction of sp³-hybridized carbons (Fsp3) is 0.276. The third-order valence-corrected chi connectivity index (χ3v) is 5.84. The van der Waals surface area contributed by atoms with Crippen LogP contribution in [0.25, 0.3) is 16.7 Å². The number of unbranched alkanes of at least 4 members (excludes halogenated alkanes) is 2. The number of phenolic OH excluding ortho intramolecular Hbond substituents is 2. The highest BCUT2D eigenvalue weighted by atomic mass is 16.3. The summed E-state index contributed by atoms with van der Waals surface area (Å²) in [5, 5.41) is 25.3. The first-order valence-electron chi connectivity index (χ1n) is 11.5.